The van der Waals surface area contributed by atoms with Crippen molar-refractivity contribution in [1.82, 2.24) is 24.6 Å². The number of nitrogens with one attached hydrogen (secondary N) is 4. The standard InChI is InChI=1S/C49H70ClIN6O17S/c1-30-9-8-10-36(67-7)49(65)28-38(73-46(64)53-49)48(4)29-47(3,74-48)37(27-41(60)56(5)33-24-32(23-30)25-34(66-6)43(33)50)72-45(63)31(2)71-20-19-70-21-22-75-35-26-42(61)57(44(35)62)14-11-39(58)52-13-16-69-18-17-68-15-12-40(59)54-55-51/h8-10,24-25,31,35-38,55,65H,11-23,26-29H2,1-7H3,(H,52,58)(H,53,64)(H,54,59)/b10-8+,30-9+/t31-,35?,36+,37-,38?,47+,48?,49-/m0/s1. The summed E-state index contributed by atoms with van der Waals surface area (Å²) >= 11 is 9.85. The van der Waals surface area contributed by atoms with Gasteiger partial charge in [-0.15, -0.1) is 11.8 Å². The van der Waals surface area contributed by atoms with Gasteiger partial charge in [0.2, 0.25) is 29.5 Å². The van der Waals surface area contributed by atoms with Crippen molar-refractivity contribution in [3.63, 3.8) is 0 Å². The Hall–Kier alpha value is -4.16. The zero-order valence-corrected chi connectivity index (χ0v) is 47.1. The van der Waals surface area contributed by atoms with Crippen LogP contribution < -0.4 is 29.3 Å². The van der Waals surface area contributed by atoms with Gasteiger partial charge in [-0.1, -0.05) is 35.4 Å². The first-order chi connectivity index (χ1) is 35.6. The molecular weight excluding hydrogens is 1140 g/mol. The summed E-state index contributed by atoms with van der Waals surface area (Å²) in [6.07, 6.45) is 0.283. The number of rotatable bonds is 25. The number of esters is 1. The molecule has 0 aromatic heterocycles. The maximum Gasteiger partial charge on any atom is 0.409 e. The van der Waals surface area contributed by atoms with Gasteiger partial charge >= 0.3 is 12.1 Å². The van der Waals surface area contributed by atoms with Crippen LogP contribution in [0, 0.1) is 0 Å². The predicted octanol–water partition coefficient (Wildman–Crippen LogP) is 2.99. The average molecular weight is 1210 g/mol. The molecule has 23 nitrogen and oxygen atoms in total. The second kappa shape index (κ2) is 29.0. The van der Waals surface area contributed by atoms with Crippen LogP contribution in [-0.2, 0) is 73.1 Å². The van der Waals surface area contributed by atoms with Crippen LogP contribution in [0.25, 0.3) is 0 Å². The third-order valence-corrected chi connectivity index (χ3v) is 14.8. The van der Waals surface area contributed by atoms with Crippen molar-refractivity contribution in [1.29, 1.82) is 0 Å². The summed E-state index contributed by atoms with van der Waals surface area (Å²) in [7, 11) is 4.44. The van der Waals surface area contributed by atoms with E-state index in [9.17, 15) is 38.7 Å². The molecule has 0 radical (unpaired) electrons. The van der Waals surface area contributed by atoms with E-state index in [1.165, 1.54) is 37.8 Å². The molecule has 0 saturated carbocycles. The zero-order valence-electron chi connectivity index (χ0n) is 43.3. The zero-order chi connectivity index (χ0) is 54.9. The van der Waals surface area contributed by atoms with Gasteiger partial charge in [-0.2, -0.15) is 3.64 Å². The molecule has 5 aliphatic rings. The highest BCUT2D eigenvalue weighted by atomic mass is 127. The Bertz CT molecular complexity index is 2260. The number of ether oxygens (including phenoxy) is 9. The van der Waals surface area contributed by atoms with Gasteiger partial charge in [0.05, 0.1) is 77.1 Å². The molecule has 0 spiro atoms. The minimum absolute atomic E-state index is 0.00448. The summed E-state index contributed by atoms with van der Waals surface area (Å²) in [4.78, 5) is 92.8. The molecule has 6 bridgehead atoms. The van der Waals surface area contributed by atoms with Crippen molar-refractivity contribution < 1.29 is 81.3 Å². The van der Waals surface area contributed by atoms with Crippen molar-refractivity contribution >= 4 is 93.5 Å². The number of fused-ring (bicyclic) bond motifs is 6. The molecule has 0 aliphatic carbocycles. The fourth-order valence-electron chi connectivity index (χ4n) is 9.02. The Morgan fingerprint density at radius 3 is 2.39 bits per heavy atom. The third-order valence-electron chi connectivity index (χ3n) is 13.0. The predicted molar refractivity (Wildman–Crippen MR) is 282 cm³/mol. The molecule has 6 amide bonds. The van der Waals surface area contributed by atoms with Crippen LogP contribution in [0.1, 0.15) is 71.8 Å². The number of imide groups is 1. The molecule has 1 aromatic rings. The number of allylic oxidation sites excluding steroid dienone is 3. The molecule has 3 unspecified atom stereocenters. The van der Waals surface area contributed by atoms with Crippen LogP contribution in [0.2, 0.25) is 5.02 Å². The van der Waals surface area contributed by atoms with Crippen LogP contribution in [0.3, 0.4) is 0 Å². The van der Waals surface area contributed by atoms with Crippen molar-refractivity contribution in [3.05, 3.63) is 46.5 Å². The number of benzene rings is 1. The largest absolute Gasteiger partial charge is 0.495 e. The number of methoxy groups -OCH3 is 2. The number of carbonyl (C=O) groups is 7. The van der Waals surface area contributed by atoms with Crippen LogP contribution in [0.4, 0.5) is 10.5 Å². The molecule has 75 heavy (non-hydrogen) atoms. The lowest BCUT2D eigenvalue weighted by Crippen LogP contribution is -2.72. The van der Waals surface area contributed by atoms with Crippen molar-refractivity contribution in [3.8, 4) is 5.75 Å². The van der Waals surface area contributed by atoms with Gasteiger partial charge in [0.1, 0.15) is 40.3 Å². The number of hydrogen-bond acceptors (Lipinski definition) is 19. The minimum atomic E-state index is -1.89. The lowest BCUT2D eigenvalue weighted by Gasteiger charge is -2.59. The van der Waals surface area contributed by atoms with E-state index < -0.39 is 64.6 Å². The quantitative estimate of drug-likeness (QED) is 0.0235. The molecule has 8 atom stereocenters. The smallest absolute Gasteiger partial charge is 0.409 e. The number of alkyl carbamates (subject to hydrolysis) is 1. The van der Waals surface area contributed by atoms with E-state index in [-0.39, 0.29) is 127 Å². The van der Waals surface area contributed by atoms with Gasteiger partial charge in [0, 0.05) is 81.5 Å². The molecular formula is C49H70ClIN6O17S. The highest BCUT2D eigenvalue weighted by molar-refractivity contribution is 14.1. The first kappa shape index (κ1) is 61.7. The first-order valence-corrected chi connectivity index (χ1v) is 27.0. The SMILES string of the molecule is COc1cc2cc(c1Cl)N(C)C(=O)C[C@H](OC(=O)[C@H](C)OCCOCCSC1CC(=O)N(CCC(=O)NCCOCCOCCC(=O)NNI)C1=O)[C@@]1(C)CC(C)(O1)C1C[C@@](O)(NC(=O)O1)[C@H](OC)/C=C/C=C(\C)C2. The van der Waals surface area contributed by atoms with E-state index in [0.29, 0.717) is 23.6 Å². The van der Waals surface area contributed by atoms with E-state index in [0.717, 1.165) is 16.0 Å². The van der Waals surface area contributed by atoms with Crippen molar-refractivity contribution in [2.75, 3.05) is 91.3 Å². The highest BCUT2D eigenvalue weighted by Crippen LogP contribution is 2.50. The Morgan fingerprint density at radius 1 is 0.973 bits per heavy atom. The summed E-state index contributed by atoms with van der Waals surface area (Å²) in [6.45, 7) is 8.32. The minimum Gasteiger partial charge on any atom is -0.495 e. The number of anilines is 1. The second-order valence-corrected chi connectivity index (χ2v) is 21.0. The lowest BCUT2D eigenvalue weighted by atomic mass is 9.72. The van der Waals surface area contributed by atoms with Crippen molar-refractivity contribution in [2.45, 2.75) is 119 Å². The molecule has 5 aliphatic heterocycles. The fourth-order valence-corrected chi connectivity index (χ4v) is 10.7. The maximum atomic E-state index is 14.3. The average Bonchev–Trinajstić information content (AvgIpc) is 3.62. The van der Waals surface area contributed by atoms with Gasteiger partial charge in [0.25, 0.3) is 0 Å². The van der Waals surface area contributed by atoms with E-state index >= 15 is 0 Å². The van der Waals surface area contributed by atoms with Gasteiger partial charge in [-0.3, -0.25) is 39.6 Å². The van der Waals surface area contributed by atoms with Crippen LogP contribution in [0.15, 0.2) is 35.9 Å². The normalized spacial score (nSPS) is 27.6. The lowest BCUT2D eigenvalue weighted by molar-refractivity contribution is -0.328. The van der Waals surface area contributed by atoms with Crippen LogP contribution >= 0.6 is 46.2 Å². The molecule has 3 saturated heterocycles. The van der Waals surface area contributed by atoms with Gasteiger partial charge in [0.15, 0.2) is 11.8 Å². The summed E-state index contributed by atoms with van der Waals surface area (Å²) in [5.74, 6) is -1.79. The van der Waals surface area contributed by atoms with Gasteiger partial charge in [-0.25, -0.2) is 9.59 Å². The fraction of sp³-hybridized carbons (Fsp3) is 0.653. The highest BCUT2D eigenvalue weighted by Gasteiger charge is 2.63. The summed E-state index contributed by atoms with van der Waals surface area (Å²) in [5.41, 5.74) is 0.104. The number of nitrogens with zero attached hydrogens (tertiary/aromatic N) is 2. The summed E-state index contributed by atoms with van der Waals surface area (Å²) in [5, 5.41) is 16.6. The van der Waals surface area contributed by atoms with Crippen molar-refractivity contribution in [2.24, 2.45) is 0 Å². The monoisotopic (exact) mass is 1210 g/mol. The van der Waals surface area contributed by atoms with E-state index in [2.05, 4.69) is 19.7 Å². The Morgan fingerprint density at radius 2 is 1.68 bits per heavy atom. The number of carbonyl (C=O) groups excluding carboxylic acids is 7. The number of halogens is 2. The molecule has 5 N–H and O–H groups in total. The molecule has 5 heterocycles. The Balaban J connectivity index is 1.10. The number of aliphatic hydroxyl groups is 1. The molecule has 3 fully saturated rings. The number of hydrogen-bond donors (Lipinski definition) is 5. The van der Waals surface area contributed by atoms with Crippen LogP contribution in [0.5, 0.6) is 5.75 Å². The summed E-state index contributed by atoms with van der Waals surface area (Å²) in [6, 6.07) is 3.55. The Labute approximate surface area is 459 Å². The van der Waals surface area contributed by atoms with E-state index in [1.54, 1.807) is 68.0 Å². The molecule has 26 heteroatoms. The second-order valence-electron chi connectivity index (χ2n) is 18.8. The third kappa shape index (κ3) is 17.4. The van der Waals surface area contributed by atoms with E-state index in [1.807, 2.05) is 13.0 Å². The first-order valence-electron chi connectivity index (χ1n) is 24.5. The number of amides is 6. The summed E-state index contributed by atoms with van der Waals surface area (Å²) < 4.78 is 54.3. The molecule has 1 aromatic carbocycles. The maximum absolute atomic E-state index is 14.3. The number of likely N-dealkylation sites (tertiary alicyclic amines) is 1. The van der Waals surface area contributed by atoms with Gasteiger partial charge in [-0.05, 0) is 51.8 Å². The Kier molecular flexibility index (Phi) is 23.8. The van der Waals surface area contributed by atoms with Gasteiger partial charge < -0.3 is 58.0 Å². The number of hydrazine groups is 1. The number of thioether (sulfide) groups is 1. The molecule has 418 valence electrons. The molecule has 6 rings (SSSR count). The van der Waals surface area contributed by atoms with Crippen LogP contribution in [-0.4, -0.2) is 185 Å². The van der Waals surface area contributed by atoms with E-state index in [4.69, 9.17) is 54.2 Å². The topological polar surface area (TPSA) is 277 Å².